The lowest BCUT2D eigenvalue weighted by molar-refractivity contribution is 0.0699. The number of hydrogen-bond donors (Lipinski definition) is 1. The summed E-state index contributed by atoms with van der Waals surface area (Å²) < 4.78 is 2.88. The third-order valence-corrected chi connectivity index (χ3v) is 3.66. The molecular formula is C15H11BrN2O2. The van der Waals surface area contributed by atoms with Crippen LogP contribution in [0.4, 0.5) is 0 Å². The van der Waals surface area contributed by atoms with Gasteiger partial charge in [0.15, 0.2) is 0 Å². The Morgan fingerprint density at radius 1 is 1.25 bits per heavy atom. The Hall–Kier alpha value is -2.14. The van der Waals surface area contributed by atoms with Crippen LogP contribution in [-0.4, -0.2) is 20.6 Å². The van der Waals surface area contributed by atoms with Gasteiger partial charge < -0.3 is 9.67 Å². The van der Waals surface area contributed by atoms with Gasteiger partial charge in [-0.05, 0) is 29.8 Å². The molecule has 0 bridgehead atoms. The van der Waals surface area contributed by atoms with Crippen LogP contribution in [0.15, 0.2) is 53.3 Å². The highest BCUT2D eigenvalue weighted by Crippen LogP contribution is 2.21. The summed E-state index contributed by atoms with van der Waals surface area (Å²) in [6.45, 7) is 0.591. The van der Waals surface area contributed by atoms with Crippen LogP contribution in [0, 0.1) is 0 Å². The average molecular weight is 331 g/mol. The summed E-state index contributed by atoms with van der Waals surface area (Å²) in [6.07, 6.45) is 3.31. The number of pyridine rings is 1. The fourth-order valence-electron chi connectivity index (χ4n) is 2.20. The molecule has 0 aliphatic rings. The SMILES string of the molecule is O=C(O)c1cn(Cc2ccc(Br)cc2)c2ncccc12. The molecular weight excluding hydrogens is 320 g/mol. The van der Waals surface area contributed by atoms with Crippen molar-refractivity contribution in [1.29, 1.82) is 0 Å². The second-order valence-electron chi connectivity index (χ2n) is 4.48. The van der Waals surface area contributed by atoms with Gasteiger partial charge in [-0.15, -0.1) is 0 Å². The summed E-state index contributed by atoms with van der Waals surface area (Å²) in [5, 5.41) is 9.92. The highest BCUT2D eigenvalue weighted by molar-refractivity contribution is 9.10. The number of rotatable bonds is 3. The van der Waals surface area contributed by atoms with Gasteiger partial charge in [0.25, 0.3) is 0 Å². The molecule has 0 saturated heterocycles. The standard InChI is InChI=1S/C15H11BrN2O2/c16-11-5-3-10(4-6-11)8-18-9-13(15(19)20)12-2-1-7-17-14(12)18/h1-7,9H,8H2,(H,19,20). The maximum absolute atomic E-state index is 11.3. The van der Waals surface area contributed by atoms with E-state index in [2.05, 4.69) is 20.9 Å². The molecule has 0 unspecified atom stereocenters. The molecule has 2 aromatic heterocycles. The van der Waals surface area contributed by atoms with Crippen LogP contribution in [0.3, 0.4) is 0 Å². The van der Waals surface area contributed by atoms with E-state index >= 15 is 0 Å². The fraction of sp³-hybridized carbons (Fsp3) is 0.0667. The quantitative estimate of drug-likeness (QED) is 0.799. The van der Waals surface area contributed by atoms with Gasteiger partial charge in [-0.2, -0.15) is 0 Å². The summed E-state index contributed by atoms with van der Waals surface area (Å²) in [6, 6.07) is 11.5. The molecule has 0 atom stereocenters. The normalized spacial score (nSPS) is 10.8. The predicted molar refractivity (Wildman–Crippen MR) is 79.9 cm³/mol. The van der Waals surface area contributed by atoms with Gasteiger partial charge in [-0.1, -0.05) is 28.1 Å². The molecule has 4 nitrogen and oxygen atoms in total. The maximum atomic E-state index is 11.3. The maximum Gasteiger partial charge on any atom is 0.337 e. The number of aromatic carboxylic acids is 1. The number of fused-ring (bicyclic) bond motifs is 1. The van der Waals surface area contributed by atoms with E-state index in [1.165, 1.54) is 0 Å². The van der Waals surface area contributed by atoms with Crippen LogP contribution in [0.5, 0.6) is 0 Å². The molecule has 2 heterocycles. The topological polar surface area (TPSA) is 55.1 Å². The largest absolute Gasteiger partial charge is 0.478 e. The van der Waals surface area contributed by atoms with Crippen molar-refractivity contribution in [3.63, 3.8) is 0 Å². The molecule has 3 rings (SSSR count). The van der Waals surface area contributed by atoms with E-state index in [1.54, 1.807) is 24.5 Å². The average Bonchev–Trinajstić information content (AvgIpc) is 2.81. The second-order valence-corrected chi connectivity index (χ2v) is 5.39. The van der Waals surface area contributed by atoms with Gasteiger partial charge in [0, 0.05) is 28.8 Å². The molecule has 5 heteroatoms. The highest BCUT2D eigenvalue weighted by atomic mass is 79.9. The number of nitrogens with zero attached hydrogens (tertiary/aromatic N) is 2. The molecule has 3 aromatic rings. The third kappa shape index (κ3) is 2.32. The minimum atomic E-state index is -0.933. The van der Waals surface area contributed by atoms with Crippen molar-refractivity contribution in [2.45, 2.75) is 6.54 Å². The van der Waals surface area contributed by atoms with Crippen LogP contribution >= 0.6 is 15.9 Å². The minimum Gasteiger partial charge on any atom is -0.478 e. The number of halogens is 1. The summed E-state index contributed by atoms with van der Waals surface area (Å²) in [4.78, 5) is 15.6. The highest BCUT2D eigenvalue weighted by Gasteiger charge is 2.14. The Bertz CT molecular complexity index is 778. The van der Waals surface area contributed by atoms with E-state index in [0.29, 0.717) is 17.6 Å². The van der Waals surface area contributed by atoms with Gasteiger partial charge in [0.05, 0.1) is 5.56 Å². The van der Waals surface area contributed by atoms with Crippen molar-refractivity contribution in [2.24, 2.45) is 0 Å². The molecule has 1 aromatic carbocycles. The second kappa shape index (κ2) is 5.09. The van der Waals surface area contributed by atoms with Gasteiger partial charge >= 0.3 is 5.97 Å². The first-order chi connectivity index (χ1) is 9.65. The van der Waals surface area contributed by atoms with Gasteiger partial charge in [-0.3, -0.25) is 0 Å². The Balaban J connectivity index is 2.07. The van der Waals surface area contributed by atoms with Crippen LogP contribution in [0.2, 0.25) is 0 Å². The Labute approximate surface area is 123 Å². The summed E-state index contributed by atoms with van der Waals surface area (Å²) >= 11 is 3.40. The monoisotopic (exact) mass is 330 g/mol. The van der Waals surface area contributed by atoms with Crippen molar-refractivity contribution < 1.29 is 9.90 Å². The van der Waals surface area contributed by atoms with E-state index in [9.17, 15) is 9.90 Å². The first-order valence-electron chi connectivity index (χ1n) is 6.07. The Morgan fingerprint density at radius 2 is 2.00 bits per heavy atom. The van der Waals surface area contributed by atoms with E-state index in [1.807, 2.05) is 28.8 Å². The number of carboxylic acids is 1. The van der Waals surface area contributed by atoms with Gasteiger partial charge in [-0.25, -0.2) is 9.78 Å². The number of benzene rings is 1. The van der Waals surface area contributed by atoms with E-state index < -0.39 is 5.97 Å². The Kier molecular flexibility index (Phi) is 3.28. The van der Waals surface area contributed by atoms with Gasteiger partial charge in [0.1, 0.15) is 5.65 Å². The zero-order valence-electron chi connectivity index (χ0n) is 10.5. The first-order valence-corrected chi connectivity index (χ1v) is 6.86. The van der Waals surface area contributed by atoms with Gasteiger partial charge in [0.2, 0.25) is 0 Å². The molecule has 100 valence electrons. The smallest absolute Gasteiger partial charge is 0.337 e. The molecule has 0 saturated carbocycles. The zero-order chi connectivity index (χ0) is 14.1. The minimum absolute atomic E-state index is 0.283. The Morgan fingerprint density at radius 3 is 2.70 bits per heavy atom. The van der Waals surface area contributed by atoms with Crippen LogP contribution in [0.25, 0.3) is 11.0 Å². The summed E-state index contributed by atoms with van der Waals surface area (Å²) in [5.41, 5.74) is 2.06. The van der Waals surface area contributed by atoms with Crippen LogP contribution in [-0.2, 0) is 6.54 Å². The summed E-state index contributed by atoms with van der Waals surface area (Å²) in [7, 11) is 0. The number of hydrogen-bond acceptors (Lipinski definition) is 2. The van der Waals surface area contributed by atoms with Crippen LogP contribution < -0.4 is 0 Å². The van der Waals surface area contributed by atoms with Crippen molar-refractivity contribution >= 4 is 32.9 Å². The number of carbonyl (C=O) groups is 1. The molecule has 0 aliphatic carbocycles. The molecule has 0 aliphatic heterocycles. The molecule has 0 radical (unpaired) electrons. The molecule has 0 spiro atoms. The van der Waals surface area contributed by atoms with Crippen molar-refractivity contribution in [1.82, 2.24) is 9.55 Å². The van der Waals surface area contributed by atoms with Crippen molar-refractivity contribution in [3.05, 3.63) is 64.4 Å². The third-order valence-electron chi connectivity index (χ3n) is 3.13. The lowest BCUT2D eigenvalue weighted by Gasteiger charge is -2.04. The lowest BCUT2D eigenvalue weighted by Crippen LogP contribution is -1.99. The summed E-state index contributed by atoms with van der Waals surface area (Å²) in [5.74, 6) is -0.933. The molecule has 1 N–H and O–H groups in total. The fourth-order valence-corrected chi connectivity index (χ4v) is 2.46. The molecule has 20 heavy (non-hydrogen) atoms. The predicted octanol–water partition coefficient (Wildman–Crippen LogP) is 3.55. The zero-order valence-corrected chi connectivity index (χ0v) is 12.0. The van der Waals surface area contributed by atoms with E-state index in [4.69, 9.17) is 0 Å². The first kappa shape index (κ1) is 12.9. The van der Waals surface area contributed by atoms with Crippen molar-refractivity contribution in [2.75, 3.05) is 0 Å². The lowest BCUT2D eigenvalue weighted by atomic mass is 10.2. The van der Waals surface area contributed by atoms with E-state index in [0.717, 1.165) is 10.0 Å². The number of carboxylic acid groups (broad SMARTS) is 1. The van der Waals surface area contributed by atoms with Crippen LogP contribution in [0.1, 0.15) is 15.9 Å². The molecule has 0 fully saturated rings. The molecule has 0 amide bonds. The number of aromatic nitrogens is 2. The van der Waals surface area contributed by atoms with E-state index in [-0.39, 0.29) is 5.56 Å². The van der Waals surface area contributed by atoms with Crippen molar-refractivity contribution in [3.8, 4) is 0 Å².